The standard InChI is InChI=1S/C9H16N4O/c1-4-8(9(14)11-10)13-7(3)5-6(2)12-13/h5,8H,4,10H2,1-3H3,(H,11,14). The SMILES string of the molecule is CCC(C(=O)NN)n1nc(C)cc1C. The van der Waals surface area contributed by atoms with Gasteiger partial charge in [0, 0.05) is 5.69 Å². The summed E-state index contributed by atoms with van der Waals surface area (Å²) in [5.74, 6) is 4.89. The van der Waals surface area contributed by atoms with Crippen molar-refractivity contribution < 1.29 is 4.79 Å². The Kier molecular flexibility index (Phi) is 3.24. The van der Waals surface area contributed by atoms with Crippen LogP contribution >= 0.6 is 0 Å². The molecule has 1 rings (SSSR count). The van der Waals surface area contributed by atoms with Gasteiger partial charge in [0.25, 0.3) is 5.91 Å². The van der Waals surface area contributed by atoms with Gasteiger partial charge < -0.3 is 0 Å². The van der Waals surface area contributed by atoms with Crippen molar-refractivity contribution in [1.29, 1.82) is 0 Å². The van der Waals surface area contributed by atoms with Crippen LogP contribution in [0.15, 0.2) is 6.07 Å². The van der Waals surface area contributed by atoms with Gasteiger partial charge in [0.2, 0.25) is 0 Å². The molecule has 14 heavy (non-hydrogen) atoms. The molecule has 0 saturated heterocycles. The van der Waals surface area contributed by atoms with E-state index in [1.54, 1.807) is 4.68 Å². The fourth-order valence-electron chi connectivity index (χ4n) is 1.53. The van der Waals surface area contributed by atoms with Crippen LogP contribution in [0.1, 0.15) is 30.8 Å². The van der Waals surface area contributed by atoms with E-state index in [-0.39, 0.29) is 11.9 Å². The van der Waals surface area contributed by atoms with Crippen molar-refractivity contribution in [2.75, 3.05) is 0 Å². The van der Waals surface area contributed by atoms with Crippen molar-refractivity contribution in [2.24, 2.45) is 5.84 Å². The van der Waals surface area contributed by atoms with Crippen LogP contribution < -0.4 is 11.3 Å². The van der Waals surface area contributed by atoms with E-state index in [2.05, 4.69) is 10.5 Å². The fraction of sp³-hybridized carbons (Fsp3) is 0.556. The lowest BCUT2D eigenvalue weighted by atomic mass is 10.2. The first-order valence-electron chi connectivity index (χ1n) is 4.63. The third kappa shape index (κ3) is 1.93. The molecule has 0 saturated carbocycles. The molecule has 1 amide bonds. The van der Waals surface area contributed by atoms with Crippen molar-refractivity contribution in [3.63, 3.8) is 0 Å². The smallest absolute Gasteiger partial charge is 0.258 e. The summed E-state index contributed by atoms with van der Waals surface area (Å²) in [5.41, 5.74) is 4.03. The second kappa shape index (κ2) is 4.23. The molecule has 5 heteroatoms. The highest BCUT2D eigenvalue weighted by Crippen LogP contribution is 2.14. The number of nitrogens with one attached hydrogen (secondary N) is 1. The number of hydrogen-bond donors (Lipinski definition) is 2. The van der Waals surface area contributed by atoms with Gasteiger partial charge in [-0.15, -0.1) is 0 Å². The number of aryl methyl sites for hydroxylation is 2. The Morgan fingerprint density at radius 3 is 2.71 bits per heavy atom. The Labute approximate surface area is 83.2 Å². The van der Waals surface area contributed by atoms with E-state index < -0.39 is 0 Å². The van der Waals surface area contributed by atoms with E-state index in [0.717, 1.165) is 11.4 Å². The lowest BCUT2D eigenvalue weighted by Gasteiger charge is -2.15. The van der Waals surface area contributed by atoms with Gasteiger partial charge >= 0.3 is 0 Å². The van der Waals surface area contributed by atoms with Gasteiger partial charge in [-0.3, -0.25) is 14.9 Å². The van der Waals surface area contributed by atoms with Gasteiger partial charge in [-0.05, 0) is 26.3 Å². The van der Waals surface area contributed by atoms with Gasteiger partial charge in [-0.1, -0.05) is 6.92 Å². The molecule has 0 aliphatic rings. The summed E-state index contributed by atoms with van der Waals surface area (Å²) in [6.07, 6.45) is 0.672. The minimum atomic E-state index is -0.311. The summed E-state index contributed by atoms with van der Waals surface area (Å²) >= 11 is 0. The minimum absolute atomic E-state index is 0.210. The number of hydrogen-bond acceptors (Lipinski definition) is 3. The minimum Gasteiger partial charge on any atom is -0.292 e. The molecule has 1 aromatic rings. The molecule has 0 radical (unpaired) electrons. The topological polar surface area (TPSA) is 72.9 Å². The average molecular weight is 196 g/mol. The zero-order valence-electron chi connectivity index (χ0n) is 8.74. The molecule has 1 unspecified atom stereocenters. The van der Waals surface area contributed by atoms with Crippen LogP contribution in [-0.2, 0) is 4.79 Å². The molecule has 0 aromatic carbocycles. The third-order valence-electron chi connectivity index (χ3n) is 2.17. The van der Waals surface area contributed by atoms with E-state index in [9.17, 15) is 4.79 Å². The molecule has 0 fully saturated rings. The third-order valence-corrected chi connectivity index (χ3v) is 2.17. The molecule has 3 N–H and O–H groups in total. The molecule has 1 aromatic heterocycles. The number of amides is 1. The molecule has 0 aliphatic heterocycles. The second-order valence-corrected chi connectivity index (χ2v) is 3.30. The highest BCUT2D eigenvalue weighted by molar-refractivity contribution is 5.79. The predicted octanol–water partition coefficient (Wildman–Crippen LogP) is 0.441. The van der Waals surface area contributed by atoms with Crippen LogP contribution in [0, 0.1) is 13.8 Å². The van der Waals surface area contributed by atoms with Crippen LogP contribution in [0.3, 0.4) is 0 Å². The number of carbonyl (C=O) groups is 1. The number of aromatic nitrogens is 2. The Hall–Kier alpha value is -1.36. The first-order valence-corrected chi connectivity index (χ1v) is 4.63. The van der Waals surface area contributed by atoms with E-state index in [1.165, 1.54) is 0 Å². The summed E-state index contributed by atoms with van der Waals surface area (Å²) in [5, 5.41) is 4.25. The first kappa shape index (κ1) is 10.7. The quantitative estimate of drug-likeness (QED) is 0.418. The van der Waals surface area contributed by atoms with Gasteiger partial charge in [0.1, 0.15) is 6.04 Å². The van der Waals surface area contributed by atoms with Crippen molar-refractivity contribution in [3.8, 4) is 0 Å². The van der Waals surface area contributed by atoms with Crippen molar-refractivity contribution in [3.05, 3.63) is 17.5 Å². The molecule has 0 bridgehead atoms. The summed E-state index contributed by atoms with van der Waals surface area (Å²) in [6.45, 7) is 5.75. The molecule has 1 atom stereocenters. The van der Waals surface area contributed by atoms with E-state index in [4.69, 9.17) is 5.84 Å². The lowest BCUT2D eigenvalue weighted by Crippen LogP contribution is -2.37. The number of carbonyl (C=O) groups excluding carboxylic acids is 1. The highest BCUT2D eigenvalue weighted by atomic mass is 16.2. The Bertz CT molecular complexity index is 332. The Morgan fingerprint density at radius 1 is 1.71 bits per heavy atom. The molecular formula is C9H16N4O. The highest BCUT2D eigenvalue weighted by Gasteiger charge is 2.19. The van der Waals surface area contributed by atoms with Crippen molar-refractivity contribution in [2.45, 2.75) is 33.2 Å². The largest absolute Gasteiger partial charge is 0.292 e. The monoisotopic (exact) mass is 196 g/mol. The molecule has 78 valence electrons. The van der Waals surface area contributed by atoms with Crippen LogP contribution in [0.25, 0.3) is 0 Å². The van der Waals surface area contributed by atoms with Crippen molar-refractivity contribution in [1.82, 2.24) is 15.2 Å². The Morgan fingerprint density at radius 2 is 2.36 bits per heavy atom. The van der Waals surface area contributed by atoms with Gasteiger partial charge in [-0.25, -0.2) is 5.84 Å². The number of rotatable bonds is 3. The zero-order chi connectivity index (χ0) is 10.7. The van der Waals surface area contributed by atoms with Gasteiger partial charge in [0.05, 0.1) is 5.69 Å². The molecule has 1 heterocycles. The van der Waals surface area contributed by atoms with Crippen LogP contribution in [-0.4, -0.2) is 15.7 Å². The fourth-order valence-corrected chi connectivity index (χ4v) is 1.53. The molecule has 0 aliphatic carbocycles. The molecule has 5 nitrogen and oxygen atoms in total. The zero-order valence-corrected chi connectivity index (χ0v) is 8.74. The number of hydrazine groups is 1. The van der Waals surface area contributed by atoms with E-state index in [1.807, 2.05) is 26.8 Å². The van der Waals surface area contributed by atoms with Crippen molar-refractivity contribution >= 4 is 5.91 Å². The second-order valence-electron chi connectivity index (χ2n) is 3.30. The molecule has 0 spiro atoms. The van der Waals surface area contributed by atoms with Crippen LogP contribution in [0.4, 0.5) is 0 Å². The summed E-state index contributed by atoms with van der Waals surface area (Å²) in [6, 6.07) is 1.63. The van der Waals surface area contributed by atoms with Crippen LogP contribution in [0.2, 0.25) is 0 Å². The first-order chi connectivity index (χ1) is 6.60. The summed E-state index contributed by atoms with van der Waals surface area (Å²) in [7, 11) is 0. The maximum atomic E-state index is 11.4. The maximum absolute atomic E-state index is 11.4. The maximum Gasteiger partial charge on any atom is 0.258 e. The predicted molar refractivity (Wildman–Crippen MR) is 53.4 cm³/mol. The number of nitrogens with zero attached hydrogens (tertiary/aromatic N) is 2. The van der Waals surface area contributed by atoms with Gasteiger partial charge in [0.15, 0.2) is 0 Å². The summed E-state index contributed by atoms with van der Waals surface area (Å²) in [4.78, 5) is 11.4. The summed E-state index contributed by atoms with van der Waals surface area (Å²) < 4.78 is 1.71. The van der Waals surface area contributed by atoms with E-state index >= 15 is 0 Å². The normalized spacial score (nSPS) is 12.6. The molecular weight excluding hydrogens is 180 g/mol. The Balaban J connectivity index is 3.00. The van der Waals surface area contributed by atoms with Crippen LogP contribution in [0.5, 0.6) is 0 Å². The lowest BCUT2D eigenvalue weighted by molar-refractivity contribution is -0.124. The van der Waals surface area contributed by atoms with Gasteiger partial charge in [-0.2, -0.15) is 5.10 Å². The number of nitrogens with two attached hydrogens (primary N) is 1. The van der Waals surface area contributed by atoms with E-state index in [0.29, 0.717) is 6.42 Å². The average Bonchev–Trinajstić information content (AvgIpc) is 2.47.